The molecule has 6 heteroatoms. The first-order valence-electron chi connectivity index (χ1n) is 7.93. The van der Waals surface area contributed by atoms with Crippen molar-refractivity contribution in [3.8, 4) is 0 Å². The maximum absolute atomic E-state index is 12.2. The first kappa shape index (κ1) is 14.5. The van der Waals surface area contributed by atoms with Crippen LogP contribution < -0.4 is 5.32 Å². The molecular formula is C15H24N4O2. The third kappa shape index (κ3) is 3.63. The number of nitrogens with zero attached hydrogens (tertiary/aromatic N) is 3. The second-order valence-corrected chi connectivity index (χ2v) is 5.76. The Balaban J connectivity index is 1.55. The van der Waals surface area contributed by atoms with Crippen molar-refractivity contribution in [2.75, 3.05) is 32.8 Å². The number of aryl methyl sites for hydroxylation is 1. The average Bonchev–Trinajstić information content (AvgIpc) is 3.03. The van der Waals surface area contributed by atoms with Gasteiger partial charge in [-0.15, -0.1) is 0 Å². The molecule has 1 amide bonds. The van der Waals surface area contributed by atoms with Gasteiger partial charge in [-0.2, -0.15) is 0 Å². The van der Waals surface area contributed by atoms with E-state index in [0.29, 0.717) is 32.2 Å². The van der Waals surface area contributed by atoms with Crippen LogP contribution in [0.4, 0.5) is 0 Å². The standard InChI is InChI=1S/C15H24N4O2/c20-15(18-7-9-21-10-8-18)4-6-19-12-16-11-14(19)13-3-1-2-5-17-13/h11-13,17H,1-10H2. The zero-order valence-electron chi connectivity index (χ0n) is 12.5. The van der Waals surface area contributed by atoms with E-state index in [4.69, 9.17) is 4.74 Å². The fourth-order valence-corrected chi connectivity index (χ4v) is 3.10. The first-order chi connectivity index (χ1) is 10.3. The quantitative estimate of drug-likeness (QED) is 0.897. The van der Waals surface area contributed by atoms with Crippen molar-refractivity contribution in [3.63, 3.8) is 0 Å². The van der Waals surface area contributed by atoms with Crippen LogP contribution in [0.5, 0.6) is 0 Å². The van der Waals surface area contributed by atoms with Gasteiger partial charge in [-0.05, 0) is 19.4 Å². The largest absolute Gasteiger partial charge is 0.378 e. The summed E-state index contributed by atoms with van der Waals surface area (Å²) in [6, 6.07) is 0.389. The van der Waals surface area contributed by atoms with Gasteiger partial charge in [0.1, 0.15) is 0 Å². The predicted molar refractivity (Wildman–Crippen MR) is 78.8 cm³/mol. The fourth-order valence-electron chi connectivity index (χ4n) is 3.10. The molecule has 6 nitrogen and oxygen atoms in total. The molecule has 0 aromatic carbocycles. The number of hydrogen-bond acceptors (Lipinski definition) is 4. The van der Waals surface area contributed by atoms with Gasteiger partial charge in [0.05, 0.1) is 25.2 Å². The van der Waals surface area contributed by atoms with E-state index in [2.05, 4.69) is 14.9 Å². The van der Waals surface area contributed by atoms with Crippen LogP contribution in [-0.4, -0.2) is 53.2 Å². The fraction of sp³-hybridized carbons (Fsp3) is 0.733. The van der Waals surface area contributed by atoms with E-state index in [1.54, 1.807) is 0 Å². The molecule has 1 aromatic rings. The highest BCUT2D eigenvalue weighted by molar-refractivity contribution is 5.76. The molecule has 116 valence electrons. The van der Waals surface area contributed by atoms with Crippen LogP contribution in [0.3, 0.4) is 0 Å². The lowest BCUT2D eigenvalue weighted by molar-refractivity contribution is -0.135. The molecule has 2 saturated heterocycles. The van der Waals surface area contributed by atoms with E-state index in [1.165, 1.54) is 18.5 Å². The number of carbonyl (C=O) groups is 1. The highest BCUT2D eigenvalue weighted by Gasteiger charge is 2.20. The van der Waals surface area contributed by atoms with Crippen molar-refractivity contribution in [3.05, 3.63) is 18.2 Å². The second kappa shape index (κ2) is 7.04. The van der Waals surface area contributed by atoms with Gasteiger partial charge < -0.3 is 19.5 Å². The third-order valence-electron chi connectivity index (χ3n) is 4.34. The molecule has 2 fully saturated rings. The third-order valence-corrected chi connectivity index (χ3v) is 4.34. The van der Waals surface area contributed by atoms with Gasteiger partial charge in [-0.1, -0.05) is 6.42 Å². The Labute approximate surface area is 125 Å². The highest BCUT2D eigenvalue weighted by atomic mass is 16.5. The number of piperidine rings is 1. The lowest BCUT2D eigenvalue weighted by atomic mass is 10.0. The van der Waals surface area contributed by atoms with E-state index in [1.807, 2.05) is 17.4 Å². The summed E-state index contributed by atoms with van der Waals surface area (Å²) in [4.78, 5) is 18.4. The number of aromatic nitrogens is 2. The van der Waals surface area contributed by atoms with Crippen LogP contribution in [0.1, 0.15) is 37.4 Å². The van der Waals surface area contributed by atoms with E-state index >= 15 is 0 Å². The normalized spacial score (nSPS) is 23.2. The molecule has 0 aliphatic carbocycles. The SMILES string of the molecule is O=C(CCn1cncc1C1CCCCN1)N1CCOCC1. The van der Waals surface area contributed by atoms with E-state index in [9.17, 15) is 4.79 Å². The lowest BCUT2D eigenvalue weighted by Crippen LogP contribution is -2.41. The van der Waals surface area contributed by atoms with Crippen molar-refractivity contribution in [2.24, 2.45) is 0 Å². The molecule has 2 aliphatic rings. The van der Waals surface area contributed by atoms with Crippen LogP contribution in [0, 0.1) is 0 Å². The number of carbonyl (C=O) groups excluding carboxylic acids is 1. The molecule has 0 spiro atoms. The Morgan fingerprint density at radius 2 is 2.24 bits per heavy atom. The van der Waals surface area contributed by atoms with Crippen LogP contribution in [-0.2, 0) is 16.1 Å². The lowest BCUT2D eigenvalue weighted by Gasteiger charge is -2.27. The summed E-state index contributed by atoms with van der Waals surface area (Å²) in [5.74, 6) is 0.217. The highest BCUT2D eigenvalue weighted by Crippen LogP contribution is 2.22. The summed E-state index contributed by atoms with van der Waals surface area (Å²) in [6.07, 6.45) is 7.98. The molecule has 2 aliphatic heterocycles. The Bertz CT molecular complexity index is 462. The summed E-state index contributed by atoms with van der Waals surface area (Å²) in [7, 11) is 0. The molecule has 0 bridgehead atoms. The molecule has 1 N–H and O–H groups in total. The van der Waals surface area contributed by atoms with Crippen LogP contribution in [0.15, 0.2) is 12.5 Å². The molecule has 1 unspecified atom stereocenters. The van der Waals surface area contributed by atoms with Crippen molar-refractivity contribution >= 4 is 5.91 Å². The Hall–Kier alpha value is -1.40. The topological polar surface area (TPSA) is 59.4 Å². The minimum Gasteiger partial charge on any atom is -0.378 e. The number of morpholine rings is 1. The maximum Gasteiger partial charge on any atom is 0.224 e. The summed E-state index contributed by atoms with van der Waals surface area (Å²) in [5, 5.41) is 3.54. The second-order valence-electron chi connectivity index (χ2n) is 5.76. The molecule has 21 heavy (non-hydrogen) atoms. The Morgan fingerprint density at radius 1 is 1.38 bits per heavy atom. The number of rotatable bonds is 4. The van der Waals surface area contributed by atoms with E-state index in [-0.39, 0.29) is 5.91 Å². The maximum atomic E-state index is 12.2. The smallest absolute Gasteiger partial charge is 0.224 e. The molecule has 1 aromatic heterocycles. The van der Waals surface area contributed by atoms with Crippen LogP contribution >= 0.6 is 0 Å². The number of imidazole rings is 1. The zero-order chi connectivity index (χ0) is 14.5. The van der Waals surface area contributed by atoms with Crippen molar-refractivity contribution in [1.29, 1.82) is 0 Å². The van der Waals surface area contributed by atoms with Gasteiger partial charge in [0.25, 0.3) is 0 Å². The number of amides is 1. The van der Waals surface area contributed by atoms with Crippen molar-refractivity contribution < 1.29 is 9.53 Å². The number of nitrogens with one attached hydrogen (secondary N) is 1. The Morgan fingerprint density at radius 3 is 3.00 bits per heavy atom. The summed E-state index contributed by atoms with van der Waals surface area (Å²) in [5.41, 5.74) is 1.21. The van der Waals surface area contributed by atoms with Gasteiger partial charge >= 0.3 is 0 Å². The Kier molecular flexibility index (Phi) is 4.87. The summed E-state index contributed by atoms with van der Waals surface area (Å²) < 4.78 is 7.41. The zero-order valence-corrected chi connectivity index (χ0v) is 12.5. The van der Waals surface area contributed by atoms with Crippen molar-refractivity contribution in [2.45, 2.75) is 38.3 Å². The first-order valence-corrected chi connectivity index (χ1v) is 7.93. The average molecular weight is 292 g/mol. The van der Waals surface area contributed by atoms with Gasteiger partial charge in [0, 0.05) is 38.3 Å². The molecule has 3 rings (SSSR count). The summed E-state index contributed by atoms with van der Waals surface area (Å²) >= 11 is 0. The monoisotopic (exact) mass is 292 g/mol. The molecular weight excluding hydrogens is 268 g/mol. The molecule has 3 heterocycles. The van der Waals surface area contributed by atoms with Gasteiger partial charge in [0.15, 0.2) is 0 Å². The van der Waals surface area contributed by atoms with Crippen LogP contribution in [0.25, 0.3) is 0 Å². The van der Waals surface area contributed by atoms with Gasteiger partial charge in [0.2, 0.25) is 5.91 Å². The minimum atomic E-state index is 0.217. The predicted octanol–water partition coefficient (Wildman–Crippen LogP) is 0.947. The molecule has 1 atom stereocenters. The van der Waals surface area contributed by atoms with E-state index in [0.717, 1.165) is 26.1 Å². The molecule has 0 radical (unpaired) electrons. The molecule has 0 saturated carbocycles. The number of ether oxygens (including phenoxy) is 1. The number of hydrogen-bond donors (Lipinski definition) is 1. The van der Waals surface area contributed by atoms with Gasteiger partial charge in [-0.25, -0.2) is 4.98 Å². The minimum absolute atomic E-state index is 0.217. The van der Waals surface area contributed by atoms with Gasteiger partial charge in [-0.3, -0.25) is 4.79 Å². The van der Waals surface area contributed by atoms with Crippen LogP contribution in [0.2, 0.25) is 0 Å². The summed E-state index contributed by atoms with van der Waals surface area (Å²) in [6.45, 7) is 4.55. The van der Waals surface area contributed by atoms with Crippen molar-refractivity contribution in [1.82, 2.24) is 19.8 Å². The van der Waals surface area contributed by atoms with E-state index < -0.39 is 0 Å².